The van der Waals surface area contributed by atoms with Gasteiger partial charge < -0.3 is 25.0 Å². The van der Waals surface area contributed by atoms with Crippen LogP contribution in [0.3, 0.4) is 0 Å². The number of aliphatic carboxylic acids is 2. The Kier molecular flexibility index (Phi) is 12.4. The number of hydrogen-bond donors (Lipinski definition) is 3. The molecular formula is C29H33N5O6. The molecule has 0 radical (unpaired) electrons. The molecular weight excluding hydrogens is 514 g/mol. The number of carboxylic acid groups (broad SMARTS) is 2. The molecule has 0 unspecified atom stereocenters. The Balaban J connectivity index is 0.000000211. The highest BCUT2D eigenvalue weighted by Crippen LogP contribution is 2.29. The fourth-order valence-electron chi connectivity index (χ4n) is 4.02. The number of β-amino-alcohol motifs (C(OH)–C–C–N with tert-alkyl or cyclic N) is 1. The van der Waals surface area contributed by atoms with Crippen molar-refractivity contribution in [1.82, 2.24) is 24.7 Å². The van der Waals surface area contributed by atoms with Gasteiger partial charge in [-0.25, -0.2) is 14.6 Å². The topological polar surface area (TPSA) is 150 Å². The van der Waals surface area contributed by atoms with Crippen molar-refractivity contribution in [3.8, 4) is 0 Å². The highest BCUT2D eigenvalue weighted by atomic mass is 16.5. The van der Waals surface area contributed by atoms with Crippen molar-refractivity contribution in [2.24, 2.45) is 0 Å². The van der Waals surface area contributed by atoms with Gasteiger partial charge in [0.25, 0.3) is 0 Å². The smallest absolute Gasteiger partial charge is 0.328 e. The first-order valence-electron chi connectivity index (χ1n) is 12.8. The Bertz CT molecular complexity index is 1240. The summed E-state index contributed by atoms with van der Waals surface area (Å²) in [6, 6.07) is 24.6. The third-order valence-corrected chi connectivity index (χ3v) is 5.92. The number of hydrogen-bond acceptors (Lipinski definition) is 8. The van der Waals surface area contributed by atoms with Gasteiger partial charge in [0.05, 0.1) is 12.7 Å². The Morgan fingerprint density at radius 1 is 0.875 bits per heavy atom. The van der Waals surface area contributed by atoms with Gasteiger partial charge in [-0.2, -0.15) is 5.10 Å². The molecule has 2 aromatic heterocycles. The summed E-state index contributed by atoms with van der Waals surface area (Å²) in [7, 11) is 0. The van der Waals surface area contributed by atoms with Gasteiger partial charge in [0.1, 0.15) is 12.4 Å². The van der Waals surface area contributed by atoms with Crippen LogP contribution in [-0.4, -0.2) is 84.3 Å². The number of likely N-dealkylation sites (tertiary alicyclic amines) is 1. The van der Waals surface area contributed by atoms with Crippen LogP contribution in [0, 0.1) is 0 Å². The second kappa shape index (κ2) is 16.5. The molecule has 0 saturated carbocycles. The molecule has 0 amide bonds. The SMILES string of the molecule is O=C(O)/C=C/C(=O)O.OCCN1CCC(OC(c2ccccc2)c2ccccc2)CC1.c1cnn2ncnc2c1. The number of carboxylic acids is 2. The van der Waals surface area contributed by atoms with Gasteiger partial charge in [0, 0.05) is 38.0 Å². The van der Waals surface area contributed by atoms with Crippen LogP contribution in [0.5, 0.6) is 0 Å². The number of aromatic nitrogens is 4. The molecule has 0 spiro atoms. The van der Waals surface area contributed by atoms with E-state index in [4.69, 9.17) is 20.1 Å². The third-order valence-electron chi connectivity index (χ3n) is 5.92. The lowest BCUT2D eigenvalue weighted by atomic mass is 10.00. The summed E-state index contributed by atoms with van der Waals surface area (Å²) in [5.74, 6) is -2.51. The van der Waals surface area contributed by atoms with E-state index in [1.165, 1.54) is 22.1 Å². The van der Waals surface area contributed by atoms with Gasteiger partial charge in [0.15, 0.2) is 5.65 Å². The van der Waals surface area contributed by atoms with E-state index in [9.17, 15) is 9.59 Å². The zero-order valence-electron chi connectivity index (χ0n) is 21.9. The number of aliphatic hydroxyl groups is 1. The maximum atomic E-state index is 9.55. The lowest BCUT2D eigenvalue weighted by molar-refractivity contribution is -0.134. The highest BCUT2D eigenvalue weighted by Gasteiger charge is 2.24. The second-order valence-electron chi connectivity index (χ2n) is 8.74. The minimum Gasteiger partial charge on any atom is -0.478 e. The number of piperidine rings is 1. The van der Waals surface area contributed by atoms with E-state index in [2.05, 4.69) is 68.6 Å². The third kappa shape index (κ3) is 10.4. The molecule has 210 valence electrons. The number of aliphatic hydroxyl groups excluding tert-OH is 1. The van der Waals surface area contributed by atoms with Gasteiger partial charge in [-0.1, -0.05) is 60.7 Å². The minimum atomic E-state index is -1.26. The van der Waals surface area contributed by atoms with Gasteiger partial charge in [-0.05, 0) is 36.1 Å². The summed E-state index contributed by atoms with van der Waals surface area (Å²) in [6.07, 6.45) is 6.57. The predicted octanol–water partition coefficient (Wildman–Crippen LogP) is 3.09. The van der Waals surface area contributed by atoms with Gasteiger partial charge in [-0.15, -0.1) is 9.73 Å². The normalized spacial score (nSPS) is 13.8. The van der Waals surface area contributed by atoms with Gasteiger partial charge in [-0.3, -0.25) is 0 Å². The quantitative estimate of drug-likeness (QED) is 0.281. The summed E-state index contributed by atoms with van der Waals surface area (Å²) in [4.78, 5) is 25.3. The minimum absolute atomic E-state index is 0.00760. The van der Waals surface area contributed by atoms with E-state index in [1.807, 2.05) is 24.3 Å². The summed E-state index contributed by atoms with van der Waals surface area (Å²) in [6.45, 7) is 3.01. The van der Waals surface area contributed by atoms with Crippen molar-refractivity contribution < 1.29 is 29.6 Å². The van der Waals surface area contributed by atoms with Crippen molar-refractivity contribution >= 4 is 17.6 Å². The highest BCUT2D eigenvalue weighted by molar-refractivity contribution is 5.89. The standard InChI is InChI=1S/C20H25NO2.C5H4N4.C4H4O4/c22-16-15-21-13-11-19(12-14-21)23-20(17-7-3-1-4-8-17)18-9-5-2-6-10-18;1-2-5-6-4-8-9(5)7-3-1;5-3(6)1-2-4(7)8/h1-10,19-20,22H,11-16H2;1-4H;1-2H,(H,5,6)(H,7,8)/b;;2-1+. The average Bonchev–Trinajstić information content (AvgIpc) is 3.47. The molecule has 5 rings (SSSR count). The summed E-state index contributed by atoms with van der Waals surface area (Å²) < 4.78 is 7.97. The van der Waals surface area contributed by atoms with Gasteiger partial charge >= 0.3 is 11.9 Å². The molecule has 0 aliphatic carbocycles. The number of nitrogens with zero attached hydrogens (tertiary/aromatic N) is 5. The number of rotatable bonds is 8. The molecule has 2 aromatic carbocycles. The van der Waals surface area contributed by atoms with E-state index in [-0.39, 0.29) is 18.8 Å². The molecule has 0 atom stereocenters. The summed E-state index contributed by atoms with van der Waals surface area (Å²) in [5.41, 5.74) is 3.19. The van der Waals surface area contributed by atoms with E-state index in [0.29, 0.717) is 12.2 Å². The summed E-state index contributed by atoms with van der Waals surface area (Å²) >= 11 is 0. The number of ether oxygens (including phenoxy) is 1. The van der Waals surface area contributed by atoms with Gasteiger partial charge in [0.2, 0.25) is 0 Å². The monoisotopic (exact) mass is 547 g/mol. The number of carbonyl (C=O) groups is 2. The van der Waals surface area contributed by atoms with Crippen molar-refractivity contribution in [2.45, 2.75) is 25.0 Å². The lowest BCUT2D eigenvalue weighted by Gasteiger charge is -2.33. The molecule has 1 aliphatic heterocycles. The van der Waals surface area contributed by atoms with Crippen LogP contribution in [-0.2, 0) is 14.3 Å². The molecule has 11 heteroatoms. The Labute approximate surface area is 232 Å². The first-order valence-corrected chi connectivity index (χ1v) is 12.8. The second-order valence-corrected chi connectivity index (χ2v) is 8.74. The molecule has 4 aromatic rings. The number of fused-ring (bicyclic) bond motifs is 1. The number of benzene rings is 2. The maximum absolute atomic E-state index is 9.55. The van der Waals surface area contributed by atoms with Crippen molar-refractivity contribution in [1.29, 1.82) is 0 Å². The van der Waals surface area contributed by atoms with Crippen LogP contribution < -0.4 is 0 Å². The van der Waals surface area contributed by atoms with E-state index >= 15 is 0 Å². The van der Waals surface area contributed by atoms with Crippen LogP contribution in [0.2, 0.25) is 0 Å². The lowest BCUT2D eigenvalue weighted by Crippen LogP contribution is -2.39. The average molecular weight is 548 g/mol. The molecule has 1 saturated heterocycles. The largest absolute Gasteiger partial charge is 0.478 e. The van der Waals surface area contributed by atoms with Crippen molar-refractivity contribution in [3.63, 3.8) is 0 Å². The first-order chi connectivity index (χ1) is 19.5. The zero-order chi connectivity index (χ0) is 28.6. The van der Waals surface area contributed by atoms with E-state index < -0.39 is 11.9 Å². The molecule has 40 heavy (non-hydrogen) atoms. The maximum Gasteiger partial charge on any atom is 0.328 e. The molecule has 3 heterocycles. The van der Waals surface area contributed by atoms with Crippen LogP contribution in [0.25, 0.3) is 5.65 Å². The van der Waals surface area contributed by atoms with Crippen LogP contribution in [0.1, 0.15) is 30.1 Å². The van der Waals surface area contributed by atoms with E-state index in [1.54, 1.807) is 6.20 Å². The Morgan fingerprint density at radius 2 is 1.45 bits per heavy atom. The van der Waals surface area contributed by atoms with E-state index in [0.717, 1.165) is 38.1 Å². The van der Waals surface area contributed by atoms with Crippen LogP contribution in [0.4, 0.5) is 0 Å². The van der Waals surface area contributed by atoms with Crippen molar-refractivity contribution in [3.05, 3.63) is 109 Å². The summed E-state index contributed by atoms with van der Waals surface area (Å²) in [5, 5.41) is 32.4. The molecule has 3 N–H and O–H groups in total. The zero-order valence-corrected chi connectivity index (χ0v) is 21.9. The first kappa shape index (κ1) is 30.1. The molecule has 1 aliphatic rings. The van der Waals surface area contributed by atoms with Crippen LogP contribution >= 0.6 is 0 Å². The molecule has 11 nitrogen and oxygen atoms in total. The van der Waals surface area contributed by atoms with Crippen LogP contribution in [0.15, 0.2) is 97.5 Å². The fraction of sp³-hybridized carbons (Fsp3) is 0.276. The predicted molar refractivity (Wildman–Crippen MR) is 148 cm³/mol. The fourth-order valence-corrected chi connectivity index (χ4v) is 4.02. The Hall–Kier alpha value is -4.45. The molecule has 0 bridgehead atoms. The van der Waals surface area contributed by atoms with Crippen molar-refractivity contribution in [2.75, 3.05) is 26.2 Å². The Morgan fingerprint density at radius 3 is 1.95 bits per heavy atom. The molecule has 1 fully saturated rings.